The fraction of sp³-hybridized carbons (Fsp3) is 0.421. The largest absolute Gasteiger partial charge is 0.479 e. The van der Waals surface area contributed by atoms with Crippen molar-refractivity contribution in [2.45, 2.75) is 24.7 Å². The van der Waals surface area contributed by atoms with E-state index in [1.807, 2.05) is 0 Å². The Balaban J connectivity index is 2.07. The van der Waals surface area contributed by atoms with Crippen LogP contribution >= 0.6 is 0 Å². The quantitative estimate of drug-likeness (QED) is 0.522. The summed E-state index contributed by atoms with van der Waals surface area (Å²) in [6, 6.07) is 9.17. The molecule has 0 bridgehead atoms. The van der Waals surface area contributed by atoms with Crippen LogP contribution in [0.3, 0.4) is 0 Å². The molecule has 2 aromatic rings. The number of halogens is 1. The van der Waals surface area contributed by atoms with Gasteiger partial charge in [-0.25, -0.2) is 8.42 Å². The monoisotopic (exact) mass is 411 g/mol. The molecule has 9 heteroatoms. The number of rotatable bonds is 12. The summed E-state index contributed by atoms with van der Waals surface area (Å²) in [5, 5.41) is 3.21. The lowest BCUT2D eigenvalue weighted by Gasteiger charge is -2.13. The molecular weight excluding hydrogens is 385 g/mol. The molecule has 7 nitrogen and oxygen atoms in total. The summed E-state index contributed by atoms with van der Waals surface area (Å²) >= 11 is 0. The van der Waals surface area contributed by atoms with E-state index in [1.54, 1.807) is 18.2 Å². The summed E-state index contributed by atoms with van der Waals surface area (Å²) in [6.07, 6.45) is 1.29. The van der Waals surface area contributed by atoms with Crippen LogP contribution in [0.2, 0.25) is 0 Å². The van der Waals surface area contributed by atoms with Crippen LogP contribution in [-0.4, -0.2) is 46.9 Å². The molecule has 0 amide bonds. The van der Waals surface area contributed by atoms with Crippen LogP contribution in [-0.2, 0) is 16.4 Å². The lowest BCUT2D eigenvalue weighted by molar-refractivity contribution is 0.296. The zero-order chi connectivity index (χ0) is 20.4. The topological polar surface area (TPSA) is 89.6 Å². The van der Waals surface area contributed by atoms with Gasteiger partial charge in [0.15, 0.2) is 0 Å². The van der Waals surface area contributed by atoms with Crippen LogP contribution < -0.4 is 19.5 Å². The van der Waals surface area contributed by atoms with Crippen molar-refractivity contribution in [2.75, 3.05) is 38.2 Å². The molecule has 0 saturated heterocycles. The number of methoxy groups -OCH3 is 1. The van der Waals surface area contributed by atoms with Gasteiger partial charge in [-0.1, -0.05) is 19.1 Å². The second-order valence-corrected chi connectivity index (χ2v) is 7.68. The van der Waals surface area contributed by atoms with Gasteiger partial charge in [0.05, 0.1) is 18.7 Å². The molecular formula is C19H26FN3O4S. The van der Waals surface area contributed by atoms with Gasteiger partial charge in [-0.05, 0) is 36.7 Å². The second kappa shape index (κ2) is 10.8. The molecule has 0 fully saturated rings. The van der Waals surface area contributed by atoms with Crippen LogP contribution in [0.4, 0.5) is 10.1 Å². The molecule has 0 saturated carbocycles. The molecule has 2 rings (SSSR count). The number of hydrogen-bond donors (Lipinski definition) is 2. The zero-order valence-electron chi connectivity index (χ0n) is 16.1. The van der Waals surface area contributed by atoms with Crippen molar-refractivity contribution in [3.63, 3.8) is 0 Å². The van der Waals surface area contributed by atoms with Crippen LogP contribution in [0, 0.1) is 0 Å². The SMILES string of the molecule is CCCNCCOc1ccc(NS(=O)(=O)c2ccc(CCF)cc2)c(OC)n1. The highest BCUT2D eigenvalue weighted by molar-refractivity contribution is 7.92. The van der Waals surface area contributed by atoms with E-state index < -0.39 is 16.7 Å². The predicted molar refractivity (Wildman–Crippen MR) is 106 cm³/mol. The number of benzene rings is 1. The number of nitrogens with zero attached hydrogens (tertiary/aromatic N) is 1. The van der Waals surface area contributed by atoms with Gasteiger partial charge >= 0.3 is 0 Å². The molecule has 0 unspecified atom stereocenters. The zero-order valence-corrected chi connectivity index (χ0v) is 16.9. The Morgan fingerprint density at radius 3 is 2.50 bits per heavy atom. The van der Waals surface area contributed by atoms with E-state index in [9.17, 15) is 12.8 Å². The smallest absolute Gasteiger partial charge is 0.262 e. The number of alkyl halides is 1. The Labute approximate surface area is 165 Å². The van der Waals surface area contributed by atoms with Crippen molar-refractivity contribution >= 4 is 15.7 Å². The highest BCUT2D eigenvalue weighted by Gasteiger charge is 2.18. The molecule has 0 spiro atoms. The Hall–Kier alpha value is -2.39. The fourth-order valence-electron chi connectivity index (χ4n) is 2.41. The standard InChI is InChI=1S/C19H26FN3O4S/c1-3-12-21-13-14-27-18-9-8-17(19(22-18)26-2)23-28(24,25)16-6-4-15(5-7-16)10-11-20/h4-9,21,23H,3,10-14H2,1-2H3. The lowest BCUT2D eigenvalue weighted by Crippen LogP contribution is -2.21. The maximum atomic E-state index is 12.6. The molecule has 1 aromatic heterocycles. The lowest BCUT2D eigenvalue weighted by atomic mass is 10.2. The maximum absolute atomic E-state index is 12.6. The van der Waals surface area contributed by atoms with E-state index in [1.165, 1.54) is 25.3 Å². The van der Waals surface area contributed by atoms with Crippen molar-refractivity contribution in [3.05, 3.63) is 42.0 Å². The third kappa shape index (κ3) is 6.35. The number of hydrogen-bond acceptors (Lipinski definition) is 6. The molecule has 0 atom stereocenters. The Bertz CT molecular complexity index is 845. The average Bonchev–Trinajstić information content (AvgIpc) is 2.69. The summed E-state index contributed by atoms with van der Waals surface area (Å²) in [6.45, 7) is 3.63. The minimum absolute atomic E-state index is 0.0690. The number of aromatic nitrogens is 1. The van der Waals surface area contributed by atoms with Crippen LogP contribution in [0.1, 0.15) is 18.9 Å². The molecule has 0 radical (unpaired) electrons. The van der Waals surface area contributed by atoms with E-state index in [4.69, 9.17) is 9.47 Å². The van der Waals surface area contributed by atoms with Crippen molar-refractivity contribution < 1.29 is 22.3 Å². The van der Waals surface area contributed by atoms with E-state index in [0.717, 1.165) is 18.5 Å². The van der Waals surface area contributed by atoms with Crippen molar-refractivity contribution in [2.24, 2.45) is 0 Å². The van der Waals surface area contributed by atoms with Gasteiger partial charge in [0.2, 0.25) is 11.8 Å². The first-order chi connectivity index (χ1) is 13.5. The average molecular weight is 411 g/mol. The first-order valence-corrected chi connectivity index (χ1v) is 10.5. The number of pyridine rings is 1. The van der Waals surface area contributed by atoms with Crippen molar-refractivity contribution in [1.29, 1.82) is 0 Å². The summed E-state index contributed by atoms with van der Waals surface area (Å²) in [5.41, 5.74) is 0.933. The highest BCUT2D eigenvalue weighted by atomic mass is 32.2. The van der Waals surface area contributed by atoms with Gasteiger partial charge < -0.3 is 14.8 Å². The number of nitrogens with one attached hydrogen (secondary N) is 2. The summed E-state index contributed by atoms with van der Waals surface area (Å²) in [5.74, 6) is 0.449. The van der Waals surface area contributed by atoms with Crippen molar-refractivity contribution in [1.82, 2.24) is 10.3 Å². The highest BCUT2D eigenvalue weighted by Crippen LogP contribution is 2.27. The number of anilines is 1. The maximum Gasteiger partial charge on any atom is 0.262 e. The molecule has 2 N–H and O–H groups in total. The summed E-state index contributed by atoms with van der Waals surface area (Å²) in [7, 11) is -2.43. The number of ether oxygens (including phenoxy) is 2. The van der Waals surface area contributed by atoms with Gasteiger partial charge in [-0.2, -0.15) is 4.98 Å². The minimum atomic E-state index is -3.83. The molecule has 28 heavy (non-hydrogen) atoms. The molecule has 1 heterocycles. The van der Waals surface area contributed by atoms with Gasteiger partial charge in [-0.3, -0.25) is 9.11 Å². The van der Waals surface area contributed by atoms with E-state index >= 15 is 0 Å². The van der Waals surface area contributed by atoms with Gasteiger partial charge in [0.1, 0.15) is 12.3 Å². The van der Waals surface area contributed by atoms with E-state index in [-0.39, 0.29) is 22.9 Å². The van der Waals surface area contributed by atoms with Crippen LogP contribution in [0.25, 0.3) is 0 Å². The molecule has 154 valence electrons. The van der Waals surface area contributed by atoms with Gasteiger partial charge in [0.25, 0.3) is 10.0 Å². The molecule has 0 aliphatic carbocycles. The third-order valence-corrected chi connectivity index (χ3v) is 5.23. The van der Waals surface area contributed by atoms with Gasteiger partial charge in [0, 0.05) is 19.0 Å². The Kier molecular flexibility index (Phi) is 8.46. The summed E-state index contributed by atoms with van der Waals surface area (Å²) < 4.78 is 50.7. The first kappa shape index (κ1) is 21.9. The number of aryl methyl sites for hydroxylation is 1. The molecule has 0 aliphatic heterocycles. The number of sulfonamides is 1. The van der Waals surface area contributed by atoms with Crippen LogP contribution in [0.15, 0.2) is 41.3 Å². The predicted octanol–water partition coefficient (Wildman–Crippen LogP) is 2.78. The van der Waals surface area contributed by atoms with Crippen molar-refractivity contribution in [3.8, 4) is 11.8 Å². The summed E-state index contributed by atoms with van der Waals surface area (Å²) in [4.78, 5) is 4.25. The minimum Gasteiger partial charge on any atom is -0.479 e. The van der Waals surface area contributed by atoms with E-state index in [2.05, 4.69) is 21.9 Å². The first-order valence-electron chi connectivity index (χ1n) is 9.06. The normalized spacial score (nSPS) is 11.2. The van der Waals surface area contributed by atoms with Gasteiger partial charge in [-0.15, -0.1) is 0 Å². The molecule has 0 aliphatic rings. The third-order valence-electron chi connectivity index (χ3n) is 3.84. The fourth-order valence-corrected chi connectivity index (χ4v) is 3.47. The second-order valence-electron chi connectivity index (χ2n) is 5.99. The Morgan fingerprint density at radius 1 is 1.11 bits per heavy atom. The Morgan fingerprint density at radius 2 is 1.86 bits per heavy atom. The molecule has 1 aromatic carbocycles. The van der Waals surface area contributed by atoms with Crippen LogP contribution in [0.5, 0.6) is 11.8 Å². The van der Waals surface area contributed by atoms with E-state index in [0.29, 0.717) is 19.0 Å².